The molecule has 0 aliphatic rings. The second-order valence-electron chi connectivity index (χ2n) is 13.2. The zero-order valence-electron chi connectivity index (χ0n) is 28.5. The lowest BCUT2D eigenvalue weighted by molar-refractivity contribution is 1.46. The number of hydrogen-bond donors (Lipinski definition) is 0. The summed E-state index contributed by atoms with van der Waals surface area (Å²) in [7, 11) is 0. The van der Waals surface area contributed by atoms with Gasteiger partial charge in [-0.2, -0.15) is 0 Å². The van der Waals surface area contributed by atoms with E-state index in [0.29, 0.717) is 0 Å². The number of benzene rings is 8. The summed E-state index contributed by atoms with van der Waals surface area (Å²) in [5.41, 5.74) is 19.4. The fourth-order valence-electron chi connectivity index (χ4n) is 6.92. The first-order valence-corrected chi connectivity index (χ1v) is 17.3. The molecule has 0 saturated carbocycles. The lowest BCUT2D eigenvalue weighted by Gasteiger charge is -2.16. The molecule has 0 bridgehead atoms. The van der Waals surface area contributed by atoms with Gasteiger partial charge in [0.15, 0.2) is 0 Å². The third-order valence-corrected chi connectivity index (χ3v) is 9.49. The predicted molar refractivity (Wildman–Crippen MR) is 214 cm³/mol. The molecule has 0 aliphatic carbocycles. The molecule has 0 unspecified atom stereocenters. The second kappa shape index (κ2) is 13.7. The normalized spacial score (nSPS) is 11.0. The van der Waals surface area contributed by atoms with Crippen molar-refractivity contribution in [1.29, 1.82) is 0 Å². The van der Waals surface area contributed by atoms with Crippen LogP contribution in [-0.4, -0.2) is 0 Å². The molecule has 0 saturated heterocycles. The summed E-state index contributed by atoms with van der Waals surface area (Å²) < 4.78 is 0. The molecule has 0 aromatic heterocycles. The summed E-state index contributed by atoms with van der Waals surface area (Å²) >= 11 is 0. The zero-order chi connectivity index (χ0) is 33.9. The van der Waals surface area contributed by atoms with Crippen LogP contribution in [0.15, 0.2) is 194 Å². The standard InChI is InChI=1S/C50H38/c1-35-14-12-22-40(24-35)45-26-42(37-16-6-3-7-17-37)28-47(32-45)49-30-44(39-20-10-5-11-21-39)31-50(34-49)48-29-43(38-18-8-4-9-19-38)27-46(33-48)41-23-13-15-36(2)25-41/h3-34H,1-2H3. The van der Waals surface area contributed by atoms with Gasteiger partial charge in [0.1, 0.15) is 0 Å². The molecule has 238 valence electrons. The van der Waals surface area contributed by atoms with Gasteiger partial charge in [-0.05, 0) is 146 Å². The van der Waals surface area contributed by atoms with Crippen molar-refractivity contribution in [3.05, 3.63) is 205 Å². The molecule has 0 amide bonds. The van der Waals surface area contributed by atoms with E-state index in [2.05, 4.69) is 208 Å². The van der Waals surface area contributed by atoms with E-state index in [1.807, 2.05) is 0 Å². The van der Waals surface area contributed by atoms with Gasteiger partial charge in [-0.25, -0.2) is 0 Å². The van der Waals surface area contributed by atoms with Crippen LogP contribution in [0.3, 0.4) is 0 Å². The minimum Gasteiger partial charge on any atom is -0.0622 e. The van der Waals surface area contributed by atoms with Crippen LogP contribution in [0.5, 0.6) is 0 Å². The van der Waals surface area contributed by atoms with Crippen LogP contribution >= 0.6 is 0 Å². The summed E-state index contributed by atoms with van der Waals surface area (Å²) in [4.78, 5) is 0. The minimum absolute atomic E-state index is 1.19. The van der Waals surface area contributed by atoms with E-state index in [0.717, 1.165) is 0 Å². The molecule has 0 heterocycles. The molecular weight excluding hydrogens is 601 g/mol. The van der Waals surface area contributed by atoms with Crippen LogP contribution in [0.1, 0.15) is 11.1 Å². The Morgan fingerprint density at radius 2 is 0.400 bits per heavy atom. The molecule has 0 N–H and O–H groups in total. The molecule has 0 radical (unpaired) electrons. The summed E-state index contributed by atoms with van der Waals surface area (Å²) in [5, 5.41) is 0. The first-order valence-electron chi connectivity index (χ1n) is 17.3. The maximum Gasteiger partial charge on any atom is -0.0171 e. The number of aryl methyl sites for hydroxylation is 2. The summed E-state index contributed by atoms with van der Waals surface area (Å²) in [6, 6.07) is 71.0. The Balaban J connectivity index is 1.37. The van der Waals surface area contributed by atoms with Crippen LogP contribution in [0.4, 0.5) is 0 Å². The molecule has 0 nitrogen and oxygen atoms in total. The van der Waals surface area contributed by atoms with Crippen molar-refractivity contribution in [3.8, 4) is 77.9 Å². The van der Waals surface area contributed by atoms with E-state index in [1.165, 1.54) is 89.0 Å². The average molecular weight is 639 g/mol. The van der Waals surface area contributed by atoms with Crippen LogP contribution in [0.25, 0.3) is 77.9 Å². The van der Waals surface area contributed by atoms with Crippen LogP contribution in [0, 0.1) is 13.8 Å². The van der Waals surface area contributed by atoms with Gasteiger partial charge in [0, 0.05) is 0 Å². The highest BCUT2D eigenvalue weighted by atomic mass is 14.2. The highest BCUT2D eigenvalue weighted by molar-refractivity contribution is 5.88. The van der Waals surface area contributed by atoms with Gasteiger partial charge < -0.3 is 0 Å². The Morgan fingerprint density at radius 1 is 0.180 bits per heavy atom. The highest BCUT2D eigenvalue weighted by Gasteiger charge is 2.14. The van der Waals surface area contributed by atoms with Crippen molar-refractivity contribution >= 4 is 0 Å². The largest absolute Gasteiger partial charge is 0.0622 e. The van der Waals surface area contributed by atoms with Gasteiger partial charge in [0.25, 0.3) is 0 Å². The second-order valence-corrected chi connectivity index (χ2v) is 13.2. The molecule has 0 heteroatoms. The summed E-state index contributed by atoms with van der Waals surface area (Å²) in [6.45, 7) is 4.32. The molecule has 0 aliphatic heterocycles. The highest BCUT2D eigenvalue weighted by Crippen LogP contribution is 2.39. The van der Waals surface area contributed by atoms with E-state index < -0.39 is 0 Å². The Hall–Kier alpha value is -6.24. The van der Waals surface area contributed by atoms with Crippen molar-refractivity contribution < 1.29 is 0 Å². The van der Waals surface area contributed by atoms with E-state index >= 15 is 0 Å². The maximum atomic E-state index is 2.38. The van der Waals surface area contributed by atoms with E-state index in [9.17, 15) is 0 Å². The zero-order valence-corrected chi connectivity index (χ0v) is 28.5. The number of hydrogen-bond acceptors (Lipinski definition) is 0. The Labute approximate surface area is 296 Å². The molecule has 8 rings (SSSR count). The third kappa shape index (κ3) is 6.70. The minimum atomic E-state index is 1.19. The average Bonchev–Trinajstić information content (AvgIpc) is 3.18. The van der Waals surface area contributed by atoms with Gasteiger partial charge in [0.05, 0.1) is 0 Å². The summed E-state index contributed by atoms with van der Waals surface area (Å²) in [6.07, 6.45) is 0. The van der Waals surface area contributed by atoms with Gasteiger partial charge in [-0.15, -0.1) is 0 Å². The van der Waals surface area contributed by atoms with Crippen LogP contribution in [-0.2, 0) is 0 Å². The van der Waals surface area contributed by atoms with E-state index in [4.69, 9.17) is 0 Å². The first kappa shape index (κ1) is 31.1. The van der Waals surface area contributed by atoms with Crippen molar-refractivity contribution in [2.75, 3.05) is 0 Å². The van der Waals surface area contributed by atoms with E-state index in [-0.39, 0.29) is 0 Å². The van der Waals surface area contributed by atoms with Crippen molar-refractivity contribution in [3.63, 3.8) is 0 Å². The number of rotatable bonds is 7. The van der Waals surface area contributed by atoms with Crippen molar-refractivity contribution in [2.24, 2.45) is 0 Å². The lowest BCUT2D eigenvalue weighted by Crippen LogP contribution is -1.90. The van der Waals surface area contributed by atoms with Crippen molar-refractivity contribution in [2.45, 2.75) is 13.8 Å². The van der Waals surface area contributed by atoms with Gasteiger partial charge in [0.2, 0.25) is 0 Å². The molecule has 0 atom stereocenters. The van der Waals surface area contributed by atoms with Gasteiger partial charge in [-0.3, -0.25) is 0 Å². The van der Waals surface area contributed by atoms with Crippen molar-refractivity contribution in [1.82, 2.24) is 0 Å². The Bertz CT molecular complexity index is 2270. The molecule has 50 heavy (non-hydrogen) atoms. The monoisotopic (exact) mass is 638 g/mol. The third-order valence-electron chi connectivity index (χ3n) is 9.49. The molecule has 8 aromatic carbocycles. The maximum absolute atomic E-state index is 2.38. The summed E-state index contributed by atoms with van der Waals surface area (Å²) in [5.74, 6) is 0. The van der Waals surface area contributed by atoms with Crippen LogP contribution < -0.4 is 0 Å². The SMILES string of the molecule is Cc1cccc(-c2cc(-c3ccccc3)cc(-c3cc(-c4ccccc4)cc(-c4cc(-c5ccccc5)cc(-c5cccc(C)c5)c4)c3)c2)c1. The Kier molecular flexibility index (Phi) is 8.51. The molecule has 8 aromatic rings. The first-order chi connectivity index (χ1) is 24.6. The molecular formula is C50H38. The van der Waals surface area contributed by atoms with E-state index in [1.54, 1.807) is 0 Å². The fraction of sp³-hybridized carbons (Fsp3) is 0.0400. The predicted octanol–water partition coefficient (Wildman–Crippen LogP) is 14.0. The lowest BCUT2D eigenvalue weighted by atomic mass is 9.88. The fourth-order valence-corrected chi connectivity index (χ4v) is 6.92. The topological polar surface area (TPSA) is 0 Å². The smallest absolute Gasteiger partial charge is 0.0171 e. The molecule has 0 spiro atoms. The molecule has 0 fully saturated rings. The quantitative estimate of drug-likeness (QED) is 0.163. The van der Waals surface area contributed by atoms with Gasteiger partial charge >= 0.3 is 0 Å². The Morgan fingerprint density at radius 3 is 0.660 bits per heavy atom. The van der Waals surface area contributed by atoms with Gasteiger partial charge in [-0.1, -0.05) is 151 Å². The van der Waals surface area contributed by atoms with Crippen LogP contribution in [0.2, 0.25) is 0 Å².